The number of anilines is 2. The van der Waals surface area contributed by atoms with E-state index in [2.05, 4.69) is 19.7 Å². The van der Waals surface area contributed by atoms with Crippen molar-refractivity contribution in [3.63, 3.8) is 0 Å². The van der Waals surface area contributed by atoms with Crippen molar-refractivity contribution in [3.8, 4) is 0 Å². The minimum Gasteiger partial charge on any atom is -0.455 e. The van der Waals surface area contributed by atoms with Gasteiger partial charge in [0.2, 0.25) is 11.9 Å². The van der Waals surface area contributed by atoms with Gasteiger partial charge in [0.15, 0.2) is 0 Å². The number of ether oxygens (including phenoxy) is 1. The number of nitrogens with zero attached hydrogens (tertiary/aromatic N) is 5. The maximum absolute atomic E-state index is 12.5. The number of rotatable bonds is 5. The minimum atomic E-state index is -1.13. The van der Waals surface area contributed by atoms with Crippen LogP contribution in [0.2, 0.25) is 0 Å². The van der Waals surface area contributed by atoms with Gasteiger partial charge >= 0.3 is 5.97 Å². The Bertz CT molecular complexity index is 1040. The van der Waals surface area contributed by atoms with E-state index >= 15 is 0 Å². The highest BCUT2D eigenvalue weighted by Gasteiger charge is 2.35. The summed E-state index contributed by atoms with van der Waals surface area (Å²) in [4.78, 5) is 37.5. The fraction of sp³-hybridized carbons (Fsp3) is 0.526. The Morgan fingerprint density at radius 2 is 2.13 bits per heavy atom. The molecule has 1 amide bonds. The first-order valence-corrected chi connectivity index (χ1v) is 12.3. The molecule has 12 heteroatoms. The number of esters is 1. The van der Waals surface area contributed by atoms with Crippen LogP contribution >= 0.6 is 11.5 Å². The average Bonchev–Trinajstić information content (AvgIpc) is 3.45. The van der Waals surface area contributed by atoms with Gasteiger partial charge < -0.3 is 19.9 Å². The number of hydrogen-bond acceptors (Lipinski definition) is 10. The topological polar surface area (TPSA) is 118 Å². The van der Waals surface area contributed by atoms with Crippen LogP contribution in [0, 0.1) is 0 Å². The average molecular weight is 463 g/mol. The number of aromatic nitrogens is 3. The molecule has 5 heterocycles. The van der Waals surface area contributed by atoms with Crippen molar-refractivity contribution in [2.75, 3.05) is 42.1 Å². The molecule has 0 bridgehead atoms. The van der Waals surface area contributed by atoms with E-state index < -0.39 is 10.8 Å². The van der Waals surface area contributed by atoms with Crippen molar-refractivity contribution >= 4 is 46.0 Å². The van der Waals surface area contributed by atoms with E-state index in [1.54, 1.807) is 17.2 Å². The van der Waals surface area contributed by atoms with E-state index in [0.717, 1.165) is 12.1 Å². The first kappa shape index (κ1) is 20.3. The van der Waals surface area contributed by atoms with E-state index in [0.29, 0.717) is 60.6 Å². The quantitative estimate of drug-likeness (QED) is 0.640. The van der Waals surface area contributed by atoms with E-state index in [9.17, 15) is 13.8 Å². The van der Waals surface area contributed by atoms with E-state index in [1.165, 1.54) is 17.7 Å². The maximum Gasteiger partial charge on any atom is 0.341 e. The summed E-state index contributed by atoms with van der Waals surface area (Å²) >= 11 is 1.21. The molecule has 0 aliphatic carbocycles. The van der Waals surface area contributed by atoms with Crippen molar-refractivity contribution in [2.45, 2.75) is 36.8 Å². The van der Waals surface area contributed by atoms with Crippen LogP contribution in [0.5, 0.6) is 0 Å². The van der Waals surface area contributed by atoms with Gasteiger partial charge in [-0.25, -0.2) is 14.2 Å². The number of hydrogen-bond donors (Lipinski definition) is 1. The van der Waals surface area contributed by atoms with Crippen molar-refractivity contribution in [2.24, 2.45) is 0 Å². The predicted molar refractivity (Wildman–Crippen MR) is 115 cm³/mol. The van der Waals surface area contributed by atoms with Crippen LogP contribution < -0.4 is 10.2 Å². The summed E-state index contributed by atoms with van der Waals surface area (Å²) in [6.45, 7) is 3.89. The van der Waals surface area contributed by atoms with Crippen LogP contribution in [-0.4, -0.2) is 79.4 Å². The van der Waals surface area contributed by atoms with Gasteiger partial charge in [-0.15, -0.1) is 0 Å². The monoisotopic (exact) mass is 462 g/mol. The second-order valence-electron chi connectivity index (χ2n) is 7.89. The number of nitrogens with one attached hydrogen (secondary N) is 1. The Morgan fingerprint density at radius 3 is 2.84 bits per heavy atom. The molecule has 2 fully saturated rings. The lowest BCUT2D eigenvalue weighted by atomic mass is 10.2. The van der Waals surface area contributed by atoms with Crippen LogP contribution in [0.1, 0.15) is 29.4 Å². The fourth-order valence-corrected chi connectivity index (χ4v) is 5.80. The molecule has 10 nitrogen and oxygen atoms in total. The Labute approximate surface area is 185 Å². The summed E-state index contributed by atoms with van der Waals surface area (Å²) in [5, 5.41) is 5.07. The zero-order valence-electron chi connectivity index (χ0n) is 16.9. The fourth-order valence-electron chi connectivity index (χ4n) is 3.98. The molecule has 2 saturated heterocycles. The first-order valence-electron chi connectivity index (χ1n) is 10.1. The highest BCUT2D eigenvalue weighted by molar-refractivity contribution is 7.85. The van der Waals surface area contributed by atoms with E-state index in [1.807, 2.05) is 4.90 Å². The molecule has 2 aromatic rings. The lowest BCUT2D eigenvalue weighted by Gasteiger charge is -2.38. The standard InChI is InChI=1S/C19H22N6O4S2/c1-11(26)24-4-2-13(7-24)21-17-16-15(3-5-31(16)28)22-19(23-17)25-8-14(9-25)29-18(27)12-6-20-30-10-12/h6,10,13-14H,2-5,7-9H2,1H3,(H,21,22,23)/t13-,31?/m0/s1. The van der Waals surface area contributed by atoms with Gasteiger partial charge in [-0.3, -0.25) is 9.00 Å². The van der Waals surface area contributed by atoms with Crippen LogP contribution in [0.15, 0.2) is 16.5 Å². The third kappa shape index (κ3) is 4.01. The van der Waals surface area contributed by atoms with Gasteiger partial charge in [0.1, 0.15) is 16.8 Å². The summed E-state index contributed by atoms with van der Waals surface area (Å²) in [7, 11) is -1.13. The third-order valence-corrected chi connectivity index (χ3v) is 7.77. The lowest BCUT2D eigenvalue weighted by Crippen LogP contribution is -2.53. The van der Waals surface area contributed by atoms with Gasteiger partial charge in [0.25, 0.3) is 0 Å². The highest BCUT2D eigenvalue weighted by Crippen LogP contribution is 2.32. The number of carbonyl (C=O) groups excluding carboxylic acids is 2. The molecular weight excluding hydrogens is 440 g/mol. The number of carbonyl (C=O) groups is 2. The van der Waals surface area contributed by atoms with Gasteiger partial charge in [0.05, 0.1) is 41.3 Å². The Kier molecular flexibility index (Phi) is 5.34. The van der Waals surface area contributed by atoms with Gasteiger partial charge in [-0.05, 0) is 18.0 Å². The van der Waals surface area contributed by atoms with Gasteiger partial charge in [-0.2, -0.15) is 4.98 Å². The Morgan fingerprint density at radius 1 is 1.29 bits per heavy atom. The van der Waals surface area contributed by atoms with Crippen molar-refractivity contribution in [1.82, 2.24) is 19.2 Å². The molecule has 31 heavy (non-hydrogen) atoms. The molecule has 3 aliphatic heterocycles. The molecule has 0 aromatic carbocycles. The van der Waals surface area contributed by atoms with Crippen molar-refractivity contribution in [3.05, 3.63) is 22.8 Å². The van der Waals surface area contributed by atoms with Gasteiger partial charge in [-0.1, -0.05) is 0 Å². The summed E-state index contributed by atoms with van der Waals surface area (Å²) < 4.78 is 21.9. The van der Waals surface area contributed by atoms with Crippen LogP contribution in [0.25, 0.3) is 0 Å². The second-order valence-corrected chi connectivity index (χ2v) is 10.1. The Balaban J connectivity index is 1.28. The first-order chi connectivity index (χ1) is 15.0. The summed E-state index contributed by atoms with van der Waals surface area (Å²) in [5.41, 5.74) is 1.26. The minimum absolute atomic E-state index is 0.0564. The predicted octanol–water partition coefficient (Wildman–Crippen LogP) is 0.675. The molecule has 3 aliphatic rings. The van der Waals surface area contributed by atoms with Crippen LogP contribution in [0.3, 0.4) is 0 Å². The lowest BCUT2D eigenvalue weighted by molar-refractivity contribution is -0.127. The number of aryl methyl sites for hydroxylation is 1. The van der Waals surface area contributed by atoms with Crippen molar-refractivity contribution < 1.29 is 18.5 Å². The number of likely N-dealkylation sites (tertiary alicyclic amines) is 1. The summed E-state index contributed by atoms with van der Waals surface area (Å²) in [5.74, 6) is 1.37. The number of fused-ring (bicyclic) bond motifs is 1. The molecule has 164 valence electrons. The molecule has 0 spiro atoms. The van der Waals surface area contributed by atoms with Crippen LogP contribution in [-0.2, 0) is 26.8 Å². The molecule has 1 unspecified atom stereocenters. The smallest absolute Gasteiger partial charge is 0.341 e. The summed E-state index contributed by atoms with van der Waals surface area (Å²) in [6, 6.07) is 0.0673. The van der Waals surface area contributed by atoms with Gasteiger partial charge in [0, 0.05) is 43.6 Å². The third-order valence-electron chi connectivity index (χ3n) is 5.72. The molecule has 1 N–H and O–H groups in total. The molecular formula is C19H22N6O4S2. The molecule has 5 rings (SSSR count). The molecule has 2 aromatic heterocycles. The summed E-state index contributed by atoms with van der Waals surface area (Å²) in [6.07, 6.45) is 2.74. The SMILES string of the molecule is CC(=O)N1CC[C@H](Nc2nc(N3CC(OC(=O)c4cnsc4)C3)nc3c2S(=O)CC3)C1. The van der Waals surface area contributed by atoms with E-state index in [4.69, 9.17) is 4.74 Å². The largest absolute Gasteiger partial charge is 0.455 e. The second kappa shape index (κ2) is 8.15. The van der Waals surface area contributed by atoms with E-state index in [-0.39, 0.29) is 24.0 Å². The number of amides is 1. The highest BCUT2D eigenvalue weighted by atomic mass is 32.2. The van der Waals surface area contributed by atoms with Crippen LogP contribution in [0.4, 0.5) is 11.8 Å². The molecule has 2 atom stereocenters. The Hall–Kier alpha value is -2.60. The van der Waals surface area contributed by atoms with Crippen molar-refractivity contribution in [1.29, 1.82) is 0 Å². The molecule has 0 radical (unpaired) electrons. The maximum atomic E-state index is 12.5. The molecule has 0 saturated carbocycles. The normalized spacial score (nSPS) is 22.9. The zero-order valence-corrected chi connectivity index (χ0v) is 18.6. The zero-order chi connectivity index (χ0) is 21.5.